The molecule has 0 aliphatic carbocycles. The van der Waals surface area contributed by atoms with Gasteiger partial charge in [0.1, 0.15) is 0 Å². The summed E-state index contributed by atoms with van der Waals surface area (Å²) in [4.78, 5) is 2.38. The molecule has 0 aliphatic heterocycles. The van der Waals surface area contributed by atoms with Gasteiger partial charge in [0.2, 0.25) is 0 Å². The van der Waals surface area contributed by atoms with Crippen LogP contribution in [-0.2, 0) is 0 Å². The Labute approximate surface area is 346 Å². The van der Waals surface area contributed by atoms with Gasteiger partial charge in [0.15, 0.2) is 0 Å². The number of aromatic nitrogens is 1. The first kappa shape index (κ1) is 33.7. The normalized spacial score (nSPS) is 11.7. The van der Waals surface area contributed by atoms with Crippen molar-refractivity contribution in [2.24, 2.45) is 0 Å². The zero-order chi connectivity index (χ0) is 38.9. The highest BCUT2D eigenvalue weighted by Gasteiger charge is 2.19. The number of rotatable bonds is 6. The Morgan fingerprint density at radius 1 is 0.356 bits per heavy atom. The molecule has 0 saturated carbocycles. The first-order valence-corrected chi connectivity index (χ1v) is 21.0. The van der Waals surface area contributed by atoms with Crippen LogP contribution in [0, 0.1) is 0 Å². The van der Waals surface area contributed by atoms with E-state index in [0.717, 1.165) is 22.7 Å². The van der Waals surface area contributed by atoms with E-state index in [4.69, 9.17) is 0 Å². The molecule has 2 aromatic heterocycles. The van der Waals surface area contributed by atoms with Crippen LogP contribution in [0.5, 0.6) is 0 Å². The number of fused-ring (bicyclic) bond motifs is 9. The summed E-state index contributed by atoms with van der Waals surface area (Å²) in [6, 6.07) is 79.9. The van der Waals surface area contributed by atoms with E-state index in [1.807, 2.05) is 11.3 Å². The SMILES string of the molecule is c1ccc(-c2cccc3ccc4c(c5ccccc5n4-c4ccc(N(c5ccc(-c6cccc7c6sc6ccccc67)cc5)c5ccc6ccccc6c5)cc4)c23)cc1. The van der Waals surface area contributed by atoms with Crippen LogP contribution in [-0.4, -0.2) is 4.57 Å². The van der Waals surface area contributed by atoms with Crippen molar-refractivity contribution in [3.05, 3.63) is 218 Å². The van der Waals surface area contributed by atoms with Gasteiger partial charge in [0, 0.05) is 53.7 Å². The van der Waals surface area contributed by atoms with Crippen molar-refractivity contribution in [3.63, 3.8) is 0 Å². The standard InChI is InChI=1S/C56H36N2S/c1-2-13-38(14-3-1)46-19-10-16-40-27-35-52-55(54(40)46)50-18-6-8-22-51(50)58(52)44-33-31-43(32-34-44)57(45-30-24-37-12-4-5-15-41(37)36-45)42-28-25-39(26-29-42)47-20-11-21-49-48-17-7-9-23-53(48)59-56(47)49/h1-36H. The van der Waals surface area contributed by atoms with Gasteiger partial charge in [-0.1, -0.05) is 152 Å². The van der Waals surface area contributed by atoms with Crippen LogP contribution in [0.4, 0.5) is 17.1 Å². The lowest BCUT2D eigenvalue weighted by Crippen LogP contribution is -2.10. The highest BCUT2D eigenvalue weighted by molar-refractivity contribution is 7.26. The minimum Gasteiger partial charge on any atom is -0.310 e. The lowest BCUT2D eigenvalue weighted by molar-refractivity contribution is 1.17. The average molecular weight is 769 g/mol. The average Bonchev–Trinajstić information content (AvgIpc) is 3.86. The van der Waals surface area contributed by atoms with E-state index < -0.39 is 0 Å². The molecule has 10 aromatic carbocycles. The molecule has 276 valence electrons. The van der Waals surface area contributed by atoms with Gasteiger partial charge in [0.25, 0.3) is 0 Å². The monoisotopic (exact) mass is 768 g/mol. The van der Waals surface area contributed by atoms with Crippen LogP contribution in [0.3, 0.4) is 0 Å². The van der Waals surface area contributed by atoms with E-state index in [-0.39, 0.29) is 0 Å². The molecule has 0 aliphatic rings. The minimum atomic E-state index is 1.10. The van der Waals surface area contributed by atoms with Gasteiger partial charge in [-0.15, -0.1) is 11.3 Å². The number of nitrogens with zero attached hydrogens (tertiary/aromatic N) is 2. The van der Waals surface area contributed by atoms with Crippen molar-refractivity contribution in [1.29, 1.82) is 0 Å². The quantitative estimate of drug-likeness (QED) is 0.164. The highest BCUT2D eigenvalue weighted by Crippen LogP contribution is 2.44. The predicted molar refractivity (Wildman–Crippen MR) is 254 cm³/mol. The van der Waals surface area contributed by atoms with E-state index in [1.54, 1.807) is 0 Å². The van der Waals surface area contributed by atoms with Crippen LogP contribution >= 0.6 is 11.3 Å². The Hall–Kier alpha value is -7.46. The van der Waals surface area contributed by atoms with E-state index in [0.29, 0.717) is 0 Å². The Morgan fingerprint density at radius 2 is 0.966 bits per heavy atom. The summed E-state index contributed by atoms with van der Waals surface area (Å²) in [6.07, 6.45) is 0. The second-order valence-electron chi connectivity index (χ2n) is 15.3. The molecule has 2 nitrogen and oxygen atoms in total. The fourth-order valence-corrected chi connectivity index (χ4v) is 10.5. The molecule has 0 N–H and O–H groups in total. The molecule has 0 amide bonds. The number of hydrogen-bond acceptors (Lipinski definition) is 2. The summed E-state index contributed by atoms with van der Waals surface area (Å²) >= 11 is 1.88. The first-order chi connectivity index (χ1) is 29.3. The lowest BCUT2D eigenvalue weighted by Gasteiger charge is -2.26. The van der Waals surface area contributed by atoms with Gasteiger partial charge < -0.3 is 9.47 Å². The maximum Gasteiger partial charge on any atom is 0.0547 e. The molecule has 0 spiro atoms. The van der Waals surface area contributed by atoms with Crippen molar-refractivity contribution in [3.8, 4) is 27.9 Å². The largest absolute Gasteiger partial charge is 0.310 e. The third-order valence-electron chi connectivity index (χ3n) is 12.0. The van der Waals surface area contributed by atoms with Gasteiger partial charge >= 0.3 is 0 Å². The van der Waals surface area contributed by atoms with Crippen LogP contribution in [0.1, 0.15) is 0 Å². The number of para-hydroxylation sites is 1. The van der Waals surface area contributed by atoms with Gasteiger partial charge in [-0.05, 0) is 111 Å². The molecule has 0 atom stereocenters. The summed E-state index contributed by atoms with van der Waals surface area (Å²) in [7, 11) is 0. The maximum absolute atomic E-state index is 2.43. The Bertz CT molecular complexity index is 3540. The van der Waals surface area contributed by atoms with Crippen molar-refractivity contribution in [1.82, 2.24) is 4.57 Å². The smallest absolute Gasteiger partial charge is 0.0547 e. The molecule has 3 heteroatoms. The number of anilines is 3. The summed E-state index contributed by atoms with van der Waals surface area (Å²) in [5, 5.41) is 10.2. The third-order valence-corrected chi connectivity index (χ3v) is 13.2. The molecule has 12 aromatic rings. The minimum absolute atomic E-state index is 1.10. The first-order valence-electron chi connectivity index (χ1n) is 20.2. The van der Waals surface area contributed by atoms with Gasteiger partial charge in [-0.3, -0.25) is 0 Å². The fraction of sp³-hybridized carbons (Fsp3) is 0. The van der Waals surface area contributed by atoms with Crippen LogP contribution in [0.2, 0.25) is 0 Å². The molecule has 2 heterocycles. The Balaban J connectivity index is 0.997. The highest BCUT2D eigenvalue weighted by atomic mass is 32.1. The Morgan fingerprint density at radius 3 is 1.81 bits per heavy atom. The second-order valence-corrected chi connectivity index (χ2v) is 16.3. The molecule has 0 radical (unpaired) electrons. The number of thiophene rings is 1. The summed E-state index contributed by atoms with van der Waals surface area (Å²) in [6.45, 7) is 0. The van der Waals surface area contributed by atoms with Gasteiger partial charge in [-0.2, -0.15) is 0 Å². The molecule has 0 saturated heterocycles. The third kappa shape index (κ3) is 5.47. The Kier molecular flexibility index (Phi) is 7.75. The summed E-state index contributed by atoms with van der Waals surface area (Å²) in [5.41, 5.74) is 11.8. The van der Waals surface area contributed by atoms with Gasteiger partial charge in [-0.25, -0.2) is 0 Å². The van der Waals surface area contributed by atoms with E-state index in [9.17, 15) is 0 Å². The molecule has 59 heavy (non-hydrogen) atoms. The fourth-order valence-electron chi connectivity index (χ4n) is 9.25. The van der Waals surface area contributed by atoms with Crippen LogP contribution in [0.25, 0.3) is 91.5 Å². The van der Waals surface area contributed by atoms with Crippen molar-refractivity contribution >= 4 is 91.9 Å². The van der Waals surface area contributed by atoms with Crippen molar-refractivity contribution < 1.29 is 0 Å². The molecule has 0 fully saturated rings. The molecule has 0 bridgehead atoms. The lowest BCUT2D eigenvalue weighted by atomic mass is 9.94. The maximum atomic E-state index is 2.43. The van der Waals surface area contributed by atoms with Crippen molar-refractivity contribution in [2.75, 3.05) is 4.90 Å². The summed E-state index contributed by atoms with van der Waals surface area (Å²) in [5.74, 6) is 0. The molecule has 12 rings (SSSR count). The van der Waals surface area contributed by atoms with E-state index in [1.165, 1.54) is 85.8 Å². The number of hydrogen-bond donors (Lipinski definition) is 0. The molecule has 0 unspecified atom stereocenters. The van der Waals surface area contributed by atoms with E-state index in [2.05, 4.69) is 228 Å². The molecular weight excluding hydrogens is 733 g/mol. The van der Waals surface area contributed by atoms with Gasteiger partial charge in [0.05, 0.1) is 11.0 Å². The van der Waals surface area contributed by atoms with Crippen LogP contribution in [0.15, 0.2) is 218 Å². The van der Waals surface area contributed by atoms with E-state index >= 15 is 0 Å². The summed E-state index contributed by atoms with van der Waals surface area (Å²) < 4.78 is 5.08. The zero-order valence-electron chi connectivity index (χ0n) is 32.1. The topological polar surface area (TPSA) is 8.17 Å². The van der Waals surface area contributed by atoms with Crippen molar-refractivity contribution in [2.45, 2.75) is 0 Å². The second kappa shape index (κ2) is 13.6. The predicted octanol–water partition coefficient (Wildman–Crippen LogP) is 16.3. The zero-order valence-corrected chi connectivity index (χ0v) is 32.9. The molecular formula is C56H36N2S. The number of benzene rings is 10. The van der Waals surface area contributed by atoms with Crippen LogP contribution < -0.4 is 4.90 Å².